The molecule has 41 heavy (non-hydrogen) atoms. The Morgan fingerprint density at radius 1 is 1.12 bits per heavy atom. The average Bonchev–Trinajstić information content (AvgIpc) is 3.47. The summed E-state index contributed by atoms with van der Waals surface area (Å²) in [5.74, 6) is -2.19. The van der Waals surface area contributed by atoms with Gasteiger partial charge in [-0.15, -0.1) is 5.10 Å². The Hall–Kier alpha value is -4.02. The third-order valence-electron chi connectivity index (χ3n) is 7.99. The summed E-state index contributed by atoms with van der Waals surface area (Å²) in [5.41, 5.74) is 2.01. The summed E-state index contributed by atoms with van der Waals surface area (Å²) >= 11 is 0. The minimum absolute atomic E-state index is 0.101. The Morgan fingerprint density at radius 2 is 1.88 bits per heavy atom. The van der Waals surface area contributed by atoms with E-state index >= 15 is 8.78 Å². The van der Waals surface area contributed by atoms with Crippen LogP contribution in [0.1, 0.15) is 49.6 Å². The highest BCUT2D eigenvalue weighted by Crippen LogP contribution is 2.44. The number of benzene rings is 2. The van der Waals surface area contributed by atoms with E-state index in [0.717, 1.165) is 6.07 Å². The number of aromatic nitrogens is 5. The smallest absolute Gasteiger partial charge is 0.153 e. The number of aliphatic hydroxyl groups is 1. The molecule has 3 aromatic heterocycles. The molecule has 2 aromatic carbocycles. The third kappa shape index (κ3) is 4.51. The summed E-state index contributed by atoms with van der Waals surface area (Å²) in [7, 11) is 1.75. The quantitative estimate of drug-likeness (QED) is 0.264. The number of ether oxygens (including phenoxy) is 1. The molecule has 1 unspecified atom stereocenters. The van der Waals surface area contributed by atoms with Gasteiger partial charge in [-0.25, -0.2) is 17.9 Å². The topological polar surface area (TPSA) is 78.0 Å². The fourth-order valence-electron chi connectivity index (χ4n) is 6.07. The van der Waals surface area contributed by atoms with Crippen molar-refractivity contribution in [3.05, 3.63) is 83.4 Å². The molecule has 6 rings (SSSR count). The number of hydrogen-bond acceptors (Lipinski definition) is 5. The van der Waals surface area contributed by atoms with Crippen LogP contribution in [0, 0.1) is 23.4 Å². The minimum Gasteiger partial charge on any atom is -0.386 e. The first-order chi connectivity index (χ1) is 19.6. The molecule has 1 fully saturated rings. The maximum Gasteiger partial charge on any atom is 0.153 e. The van der Waals surface area contributed by atoms with Gasteiger partial charge in [-0.2, -0.15) is 0 Å². The van der Waals surface area contributed by atoms with E-state index in [2.05, 4.69) is 16.9 Å². The molecule has 10 heteroatoms. The van der Waals surface area contributed by atoms with Crippen molar-refractivity contribution in [3.63, 3.8) is 0 Å². The molecule has 4 heterocycles. The van der Waals surface area contributed by atoms with Crippen LogP contribution >= 0.6 is 0 Å². The molecule has 1 N–H and O–H groups in total. The maximum absolute atomic E-state index is 16.6. The molecule has 1 aliphatic heterocycles. The van der Waals surface area contributed by atoms with Crippen molar-refractivity contribution in [2.75, 3.05) is 13.2 Å². The van der Waals surface area contributed by atoms with Gasteiger partial charge in [-0.3, -0.25) is 4.98 Å². The molecule has 0 spiro atoms. The van der Waals surface area contributed by atoms with Gasteiger partial charge in [0.2, 0.25) is 0 Å². The molecule has 1 saturated heterocycles. The highest BCUT2D eigenvalue weighted by atomic mass is 19.1. The summed E-state index contributed by atoms with van der Waals surface area (Å²) in [4.78, 5) is 4.76. The predicted octanol–water partition coefficient (Wildman–Crippen LogP) is 6.29. The SMILES string of the molecule is C=Cc1nnn(C)c1-c1cnc2c3ccc(C(C)(C)O)c(F)c3n(C(c3ccc(F)cc3F)C3CCOCC3)c2c1. The first-order valence-corrected chi connectivity index (χ1v) is 13.5. The van der Waals surface area contributed by atoms with Gasteiger partial charge >= 0.3 is 0 Å². The second-order valence-corrected chi connectivity index (χ2v) is 11.1. The Labute approximate surface area is 234 Å². The van der Waals surface area contributed by atoms with E-state index in [4.69, 9.17) is 9.72 Å². The normalized spacial score (nSPS) is 15.6. The van der Waals surface area contributed by atoms with Crippen molar-refractivity contribution in [2.45, 2.75) is 38.3 Å². The van der Waals surface area contributed by atoms with Gasteiger partial charge in [-0.1, -0.05) is 30.0 Å². The highest BCUT2D eigenvalue weighted by Gasteiger charge is 2.34. The van der Waals surface area contributed by atoms with Gasteiger partial charge in [0.1, 0.15) is 17.3 Å². The monoisotopic (exact) mass is 561 g/mol. The molecule has 0 amide bonds. The average molecular weight is 562 g/mol. The van der Waals surface area contributed by atoms with Crippen LogP contribution < -0.4 is 0 Å². The zero-order chi connectivity index (χ0) is 29.1. The molecule has 1 aliphatic rings. The minimum atomic E-state index is -1.48. The van der Waals surface area contributed by atoms with E-state index in [9.17, 15) is 9.50 Å². The molecule has 0 aliphatic carbocycles. The van der Waals surface area contributed by atoms with E-state index in [0.29, 0.717) is 59.4 Å². The van der Waals surface area contributed by atoms with Crippen molar-refractivity contribution in [2.24, 2.45) is 13.0 Å². The summed E-state index contributed by atoms with van der Waals surface area (Å²) in [6.45, 7) is 7.80. The third-order valence-corrected chi connectivity index (χ3v) is 7.99. The van der Waals surface area contributed by atoms with Crippen LogP contribution in [-0.4, -0.2) is 42.9 Å². The van der Waals surface area contributed by atoms with Crippen molar-refractivity contribution in [3.8, 4) is 11.3 Å². The van der Waals surface area contributed by atoms with Crippen LogP contribution in [0.15, 0.2) is 49.2 Å². The Balaban J connectivity index is 1.75. The molecule has 0 saturated carbocycles. The van der Waals surface area contributed by atoms with Crippen molar-refractivity contribution < 1.29 is 23.0 Å². The number of aryl methyl sites for hydroxylation is 1. The number of halogens is 3. The fraction of sp³-hybridized carbons (Fsp3) is 0.323. The molecule has 1 atom stereocenters. The number of hydrogen-bond donors (Lipinski definition) is 1. The Kier molecular flexibility index (Phi) is 6.70. The second kappa shape index (κ2) is 10.1. The zero-order valence-corrected chi connectivity index (χ0v) is 23.0. The summed E-state index contributed by atoms with van der Waals surface area (Å²) in [6.07, 6.45) is 4.45. The lowest BCUT2D eigenvalue weighted by molar-refractivity contribution is 0.0547. The molecule has 212 valence electrons. The van der Waals surface area contributed by atoms with Crippen molar-refractivity contribution in [1.82, 2.24) is 24.5 Å². The standard InChI is InChI=1S/C31H30F3N5O2/c1-5-24-29(38(4)37-36-24)18-14-25-27(35-16-18)21-8-9-22(31(2,3)40)26(34)30(21)39(25)28(17-10-12-41-13-11-17)20-7-6-19(32)15-23(20)33/h5-9,14-17,28,40H,1,10-13H2,2-4H3. The lowest BCUT2D eigenvalue weighted by Gasteiger charge is -2.33. The van der Waals surface area contributed by atoms with E-state index in [1.54, 1.807) is 40.7 Å². The zero-order valence-electron chi connectivity index (χ0n) is 23.0. The first kappa shape index (κ1) is 27.2. The number of rotatable bonds is 6. The van der Waals surface area contributed by atoms with Gasteiger partial charge in [0.15, 0.2) is 5.82 Å². The summed E-state index contributed by atoms with van der Waals surface area (Å²) in [5, 5.41) is 19.6. The van der Waals surface area contributed by atoms with Gasteiger partial charge in [-0.05, 0) is 50.8 Å². The largest absolute Gasteiger partial charge is 0.386 e. The van der Waals surface area contributed by atoms with Crippen LogP contribution in [0.25, 0.3) is 39.3 Å². The molecular formula is C31H30F3N5O2. The van der Waals surface area contributed by atoms with E-state index in [-0.39, 0.29) is 22.6 Å². The first-order valence-electron chi connectivity index (χ1n) is 13.5. The summed E-state index contributed by atoms with van der Waals surface area (Å²) < 4.78 is 55.3. The van der Waals surface area contributed by atoms with Gasteiger partial charge in [0.05, 0.1) is 33.9 Å². The van der Waals surface area contributed by atoms with Crippen LogP contribution in [0.2, 0.25) is 0 Å². The van der Waals surface area contributed by atoms with Crippen LogP contribution in [0.4, 0.5) is 13.2 Å². The molecule has 0 radical (unpaired) electrons. The predicted molar refractivity (Wildman–Crippen MR) is 151 cm³/mol. The van der Waals surface area contributed by atoms with Crippen LogP contribution in [0.5, 0.6) is 0 Å². The molecule has 7 nitrogen and oxygen atoms in total. The van der Waals surface area contributed by atoms with Crippen molar-refractivity contribution >= 4 is 28.0 Å². The second-order valence-electron chi connectivity index (χ2n) is 11.1. The van der Waals surface area contributed by atoms with Crippen LogP contribution in [-0.2, 0) is 17.4 Å². The van der Waals surface area contributed by atoms with Crippen LogP contribution in [0.3, 0.4) is 0 Å². The Morgan fingerprint density at radius 3 is 2.56 bits per heavy atom. The Bertz CT molecular complexity index is 1800. The lowest BCUT2D eigenvalue weighted by Crippen LogP contribution is -2.28. The highest BCUT2D eigenvalue weighted by molar-refractivity contribution is 6.07. The fourth-order valence-corrected chi connectivity index (χ4v) is 6.07. The van der Waals surface area contributed by atoms with E-state index in [1.807, 2.05) is 6.07 Å². The van der Waals surface area contributed by atoms with Gasteiger partial charge < -0.3 is 14.4 Å². The number of fused-ring (bicyclic) bond motifs is 3. The maximum atomic E-state index is 16.6. The molecule has 0 bridgehead atoms. The summed E-state index contributed by atoms with van der Waals surface area (Å²) in [6, 6.07) is 7.95. The van der Waals surface area contributed by atoms with Crippen molar-refractivity contribution in [1.29, 1.82) is 0 Å². The molecular weight excluding hydrogens is 531 g/mol. The van der Waals surface area contributed by atoms with E-state index < -0.39 is 29.1 Å². The number of pyridine rings is 1. The van der Waals surface area contributed by atoms with Gasteiger partial charge in [0, 0.05) is 54.6 Å². The van der Waals surface area contributed by atoms with Gasteiger partial charge in [0.25, 0.3) is 0 Å². The lowest BCUT2D eigenvalue weighted by atomic mass is 9.86. The molecule has 5 aromatic rings. The number of nitrogens with zero attached hydrogens (tertiary/aromatic N) is 5. The van der Waals surface area contributed by atoms with E-state index in [1.165, 1.54) is 26.0 Å².